The summed E-state index contributed by atoms with van der Waals surface area (Å²) < 4.78 is 0. The molecule has 0 radical (unpaired) electrons. The second kappa shape index (κ2) is 2.90. The fourth-order valence-corrected chi connectivity index (χ4v) is 0.533. The molecule has 0 aliphatic carbocycles. The lowest BCUT2D eigenvalue weighted by molar-refractivity contribution is 1.40. The summed E-state index contributed by atoms with van der Waals surface area (Å²) in [4.78, 5) is 0. The van der Waals surface area contributed by atoms with Crippen LogP contribution in [0.1, 0.15) is 20.8 Å². The molecule has 0 heterocycles. The summed E-state index contributed by atoms with van der Waals surface area (Å²) in [5.74, 6) is 0. The normalized spacial score (nSPS) is 7.43. The van der Waals surface area contributed by atoms with E-state index in [0.717, 1.165) is 10.6 Å². The second-order valence-corrected chi connectivity index (χ2v) is 2.23. The van der Waals surface area contributed by atoms with Gasteiger partial charge in [0.05, 0.1) is 5.03 Å². The Hall–Kier alpha value is -0.190. The fourth-order valence-electron chi connectivity index (χ4n) is 0.344. The van der Waals surface area contributed by atoms with Crippen LogP contribution in [0.5, 0.6) is 0 Å². The first-order valence-corrected chi connectivity index (χ1v) is 2.57. The molecule has 0 aromatic rings. The van der Waals surface area contributed by atoms with Gasteiger partial charge in [-0.05, 0) is 26.3 Å². The molecule has 7 heavy (non-hydrogen) atoms. The largest absolute Gasteiger partial charge is 0.107 e. The molecule has 0 fully saturated rings. The highest BCUT2D eigenvalue weighted by Gasteiger charge is 1.71. The summed E-state index contributed by atoms with van der Waals surface area (Å²) in [6.07, 6.45) is 0. The van der Waals surface area contributed by atoms with Crippen molar-refractivity contribution in [1.82, 2.24) is 0 Å². The molecule has 0 aliphatic rings. The monoisotopic (exact) mass is 116 g/mol. The number of hydrogen-bond donors (Lipinski definition) is 0. The molecule has 0 unspecified atom stereocenters. The standard InChI is InChI=1S/C6H9Cl/c1-5(2)4-6(3)7/h1-3H3. The molecule has 0 N–H and O–H groups in total. The van der Waals surface area contributed by atoms with E-state index in [-0.39, 0.29) is 0 Å². The van der Waals surface area contributed by atoms with Crippen LogP contribution in [0.3, 0.4) is 0 Å². The molecule has 0 aromatic carbocycles. The van der Waals surface area contributed by atoms with Gasteiger partial charge >= 0.3 is 0 Å². The van der Waals surface area contributed by atoms with Crippen LogP contribution in [0, 0.1) is 0 Å². The lowest BCUT2D eigenvalue weighted by Crippen LogP contribution is -1.55. The summed E-state index contributed by atoms with van der Waals surface area (Å²) in [5, 5.41) is 0.722. The topological polar surface area (TPSA) is 0 Å². The Morgan fingerprint density at radius 3 is 1.71 bits per heavy atom. The smallest absolute Gasteiger partial charge is 0.0566 e. The highest BCUT2D eigenvalue weighted by Crippen LogP contribution is 1.96. The predicted molar refractivity (Wildman–Crippen MR) is 33.4 cm³/mol. The predicted octanol–water partition coefficient (Wildman–Crippen LogP) is 2.69. The van der Waals surface area contributed by atoms with Gasteiger partial charge in [-0.2, -0.15) is 0 Å². The minimum Gasteiger partial charge on any atom is -0.107 e. The highest BCUT2D eigenvalue weighted by atomic mass is 35.5. The first kappa shape index (κ1) is 6.81. The summed E-state index contributed by atoms with van der Waals surface area (Å²) in [6.45, 7) is 5.74. The third-order valence-corrected chi connectivity index (χ3v) is 0.517. The summed E-state index contributed by atoms with van der Waals surface area (Å²) in [5.41, 5.74) is 4.02. The lowest BCUT2D eigenvalue weighted by Gasteiger charge is -1.76. The quantitative estimate of drug-likeness (QED) is 0.427. The zero-order valence-corrected chi connectivity index (χ0v) is 5.63. The van der Waals surface area contributed by atoms with Gasteiger partial charge in [-0.25, -0.2) is 0 Å². The van der Waals surface area contributed by atoms with Crippen LogP contribution in [0.2, 0.25) is 0 Å². The Balaban J connectivity index is 4.13. The highest BCUT2D eigenvalue weighted by molar-refractivity contribution is 6.29. The van der Waals surface area contributed by atoms with Gasteiger partial charge in [0.2, 0.25) is 0 Å². The third-order valence-electron chi connectivity index (χ3n) is 0.422. The van der Waals surface area contributed by atoms with Crippen molar-refractivity contribution in [1.29, 1.82) is 0 Å². The number of allylic oxidation sites excluding steroid dienone is 1. The number of rotatable bonds is 0. The molecule has 0 amide bonds. The van der Waals surface area contributed by atoms with E-state index in [0.29, 0.717) is 0 Å². The molecule has 0 nitrogen and oxygen atoms in total. The van der Waals surface area contributed by atoms with Gasteiger partial charge in [0.15, 0.2) is 0 Å². The van der Waals surface area contributed by atoms with Crippen LogP contribution in [0.25, 0.3) is 0 Å². The molecular formula is C6H9Cl. The molecule has 0 saturated carbocycles. The van der Waals surface area contributed by atoms with E-state index in [4.69, 9.17) is 11.6 Å². The van der Waals surface area contributed by atoms with Crippen molar-refractivity contribution in [3.05, 3.63) is 16.3 Å². The Labute approximate surface area is 49.5 Å². The fraction of sp³-hybridized carbons (Fsp3) is 0.500. The van der Waals surface area contributed by atoms with Crippen LogP contribution in [-0.4, -0.2) is 0 Å². The molecule has 0 atom stereocenters. The van der Waals surface area contributed by atoms with Crippen molar-refractivity contribution >= 4 is 11.6 Å². The summed E-state index contributed by atoms with van der Waals surface area (Å²) >= 11 is 5.46. The van der Waals surface area contributed by atoms with Gasteiger partial charge in [0.25, 0.3) is 0 Å². The SMILES string of the molecule is CC(C)=C=C(C)Cl. The summed E-state index contributed by atoms with van der Waals surface area (Å²) in [7, 11) is 0. The van der Waals surface area contributed by atoms with Crippen LogP contribution in [0.15, 0.2) is 16.3 Å². The first-order valence-electron chi connectivity index (χ1n) is 2.19. The van der Waals surface area contributed by atoms with Gasteiger partial charge in [0, 0.05) is 0 Å². The van der Waals surface area contributed by atoms with Crippen molar-refractivity contribution in [2.24, 2.45) is 0 Å². The van der Waals surface area contributed by atoms with Crippen LogP contribution >= 0.6 is 11.6 Å². The maximum absolute atomic E-state index is 5.46. The molecule has 40 valence electrons. The molecule has 0 aliphatic heterocycles. The molecule has 1 heteroatoms. The average molecular weight is 117 g/mol. The van der Waals surface area contributed by atoms with Crippen molar-refractivity contribution in [2.45, 2.75) is 20.8 Å². The van der Waals surface area contributed by atoms with E-state index in [1.807, 2.05) is 20.8 Å². The number of halogens is 1. The van der Waals surface area contributed by atoms with E-state index in [1.165, 1.54) is 0 Å². The molecule has 0 aromatic heterocycles. The van der Waals surface area contributed by atoms with Crippen LogP contribution in [-0.2, 0) is 0 Å². The van der Waals surface area contributed by atoms with Crippen molar-refractivity contribution < 1.29 is 0 Å². The van der Waals surface area contributed by atoms with Crippen LogP contribution < -0.4 is 0 Å². The third kappa shape index (κ3) is 5.81. The zero-order valence-electron chi connectivity index (χ0n) is 4.88. The van der Waals surface area contributed by atoms with Gasteiger partial charge in [-0.3, -0.25) is 0 Å². The van der Waals surface area contributed by atoms with Crippen molar-refractivity contribution in [3.63, 3.8) is 0 Å². The second-order valence-electron chi connectivity index (χ2n) is 1.66. The van der Waals surface area contributed by atoms with E-state index in [2.05, 4.69) is 5.73 Å². The minimum atomic E-state index is 0.722. The van der Waals surface area contributed by atoms with Crippen LogP contribution in [0.4, 0.5) is 0 Å². The molecular weight excluding hydrogens is 108 g/mol. The Morgan fingerprint density at radius 1 is 1.29 bits per heavy atom. The van der Waals surface area contributed by atoms with E-state index in [9.17, 15) is 0 Å². The molecule has 0 spiro atoms. The molecule has 0 bridgehead atoms. The summed E-state index contributed by atoms with van der Waals surface area (Å²) in [6, 6.07) is 0. The zero-order chi connectivity index (χ0) is 5.86. The molecule has 0 rings (SSSR count). The first-order chi connectivity index (χ1) is 3.13. The van der Waals surface area contributed by atoms with E-state index < -0.39 is 0 Å². The van der Waals surface area contributed by atoms with E-state index in [1.54, 1.807) is 0 Å². The van der Waals surface area contributed by atoms with Crippen molar-refractivity contribution in [3.8, 4) is 0 Å². The maximum Gasteiger partial charge on any atom is 0.0566 e. The van der Waals surface area contributed by atoms with Gasteiger partial charge in [-0.15, -0.1) is 5.73 Å². The minimum absolute atomic E-state index is 0.722. The Morgan fingerprint density at radius 2 is 1.71 bits per heavy atom. The average Bonchev–Trinajstić information content (AvgIpc) is 1.27. The van der Waals surface area contributed by atoms with Crippen molar-refractivity contribution in [2.75, 3.05) is 0 Å². The maximum atomic E-state index is 5.46. The van der Waals surface area contributed by atoms with Gasteiger partial charge in [-0.1, -0.05) is 11.6 Å². The Kier molecular flexibility index (Phi) is 2.82. The van der Waals surface area contributed by atoms with Gasteiger partial charge < -0.3 is 0 Å². The number of hydrogen-bond acceptors (Lipinski definition) is 0. The van der Waals surface area contributed by atoms with Gasteiger partial charge in [0.1, 0.15) is 0 Å². The van der Waals surface area contributed by atoms with E-state index >= 15 is 0 Å². The Bertz CT molecular complexity index is 96.1. The molecule has 0 saturated heterocycles. The lowest BCUT2D eigenvalue weighted by atomic mass is 10.4.